The summed E-state index contributed by atoms with van der Waals surface area (Å²) < 4.78 is 87.7. The summed E-state index contributed by atoms with van der Waals surface area (Å²) in [4.78, 5) is 29.2. The van der Waals surface area contributed by atoms with Gasteiger partial charge in [-0.2, -0.15) is 46.7 Å². The molecule has 0 saturated carbocycles. The molecular formula is C42H44N12O8S2. The second-order valence-corrected chi connectivity index (χ2v) is 17.5. The van der Waals surface area contributed by atoms with Crippen LogP contribution in [0.15, 0.2) is 94.7 Å². The average Bonchev–Trinajstić information content (AvgIpc) is 3.27. The molecule has 2 aromatic heterocycles. The maximum atomic E-state index is 13.7. The molecule has 0 unspecified atom stereocenters. The van der Waals surface area contributed by atoms with Gasteiger partial charge < -0.3 is 40.5 Å². The lowest BCUT2D eigenvalue weighted by molar-refractivity contribution is 0.122. The average molecular weight is 909 g/mol. The Labute approximate surface area is 369 Å². The minimum atomic E-state index is -5.41. The highest BCUT2D eigenvalue weighted by molar-refractivity contribution is 7.87. The standard InChI is InChI=1S/C42H44N12O8S2/c1-27-8-14-31(15-9-27)43-37-47-39(51-41(49-37)53-18-22-61-23-19-53)45-33-26-30(13-12-29-6-4-3-5-7-29)35(63(55,56)57)34(36(33)64(58,59)60)46-40-48-38(44-32-16-10-28(2)11-17-32)50-42(52-40)54-20-24-62-25-21-54/h3-17,26H,18-25H2,1-2H3,(H,55,56,57)(H,58,59,60)(H2,43,45,47,49,51)(H2,44,46,48,50,52). The molecule has 20 nitrogen and oxygen atoms in total. The van der Waals surface area contributed by atoms with Gasteiger partial charge in [-0.15, -0.1) is 0 Å². The van der Waals surface area contributed by atoms with E-state index < -0.39 is 35.7 Å². The van der Waals surface area contributed by atoms with Crippen LogP contribution in [0.2, 0.25) is 0 Å². The van der Waals surface area contributed by atoms with Crippen molar-refractivity contribution in [2.75, 3.05) is 83.7 Å². The van der Waals surface area contributed by atoms with Gasteiger partial charge in [0.25, 0.3) is 20.2 Å². The number of ether oxygens (including phenoxy) is 2. The van der Waals surface area contributed by atoms with Gasteiger partial charge in [-0.3, -0.25) is 9.11 Å². The zero-order valence-electron chi connectivity index (χ0n) is 34.6. The molecule has 0 atom stereocenters. The minimum absolute atomic E-state index is 0.0116. The van der Waals surface area contributed by atoms with E-state index in [1.807, 2.05) is 60.0 Å². The van der Waals surface area contributed by atoms with Crippen molar-refractivity contribution < 1.29 is 35.4 Å². The van der Waals surface area contributed by atoms with E-state index in [2.05, 4.69) is 51.2 Å². The van der Waals surface area contributed by atoms with E-state index >= 15 is 0 Å². The van der Waals surface area contributed by atoms with Crippen molar-refractivity contribution in [1.82, 2.24) is 29.9 Å². The second-order valence-electron chi connectivity index (χ2n) is 14.7. The number of morpholine rings is 2. The Balaban J connectivity index is 1.32. The molecule has 2 fully saturated rings. The third-order valence-electron chi connectivity index (χ3n) is 9.97. The van der Waals surface area contributed by atoms with Crippen molar-refractivity contribution >= 4 is 90.8 Å². The van der Waals surface area contributed by atoms with Crippen molar-refractivity contribution in [3.05, 3.63) is 107 Å². The Morgan fingerprint density at radius 2 is 0.984 bits per heavy atom. The lowest BCUT2D eigenvalue weighted by Crippen LogP contribution is -2.37. The predicted molar refractivity (Wildman–Crippen MR) is 243 cm³/mol. The Hall–Kier alpha value is -6.82. The summed E-state index contributed by atoms with van der Waals surface area (Å²) in [5.74, 6) is -0.0601. The molecule has 332 valence electrons. The van der Waals surface area contributed by atoms with Crippen molar-refractivity contribution in [3.8, 4) is 0 Å². The topological polar surface area (TPSA) is 259 Å². The van der Waals surface area contributed by atoms with Crippen LogP contribution in [0.3, 0.4) is 0 Å². The zero-order valence-corrected chi connectivity index (χ0v) is 36.3. The van der Waals surface area contributed by atoms with Crippen molar-refractivity contribution in [2.45, 2.75) is 23.6 Å². The number of anilines is 10. The van der Waals surface area contributed by atoms with Crippen LogP contribution in [0.1, 0.15) is 22.3 Å². The highest BCUT2D eigenvalue weighted by Gasteiger charge is 2.33. The van der Waals surface area contributed by atoms with Crippen molar-refractivity contribution in [3.63, 3.8) is 0 Å². The maximum Gasteiger partial charge on any atom is 0.298 e. The van der Waals surface area contributed by atoms with Crippen LogP contribution in [0, 0.1) is 13.8 Å². The molecule has 2 aliphatic rings. The summed E-state index contributed by atoms with van der Waals surface area (Å²) in [6.45, 7) is 7.09. The summed E-state index contributed by atoms with van der Waals surface area (Å²) in [7, 11) is -10.7. The fourth-order valence-electron chi connectivity index (χ4n) is 6.82. The molecule has 0 aliphatic carbocycles. The van der Waals surface area contributed by atoms with Crippen molar-refractivity contribution in [1.29, 1.82) is 0 Å². The molecule has 4 heterocycles. The normalized spacial score (nSPS) is 14.7. The Morgan fingerprint density at radius 1 is 0.547 bits per heavy atom. The number of aromatic nitrogens is 6. The van der Waals surface area contributed by atoms with E-state index in [0.29, 0.717) is 69.5 Å². The number of nitrogens with one attached hydrogen (secondary N) is 4. The molecule has 22 heteroatoms. The van der Waals surface area contributed by atoms with Gasteiger partial charge in [0.1, 0.15) is 9.79 Å². The molecule has 6 N–H and O–H groups in total. The lowest BCUT2D eigenvalue weighted by Gasteiger charge is -2.27. The van der Waals surface area contributed by atoms with E-state index in [1.54, 1.807) is 48.5 Å². The van der Waals surface area contributed by atoms with Crippen LogP contribution < -0.4 is 31.1 Å². The first-order chi connectivity index (χ1) is 30.7. The lowest BCUT2D eigenvalue weighted by atomic mass is 10.1. The number of nitrogens with zero attached hydrogens (tertiary/aromatic N) is 8. The van der Waals surface area contributed by atoms with Gasteiger partial charge in [0.2, 0.25) is 35.7 Å². The van der Waals surface area contributed by atoms with Crippen LogP contribution >= 0.6 is 0 Å². The van der Waals surface area contributed by atoms with Gasteiger partial charge in [-0.25, -0.2) is 0 Å². The molecule has 0 amide bonds. The van der Waals surface area contributed by atoms with E-state index in [4.69, 9.17) is 9.47 Å². The molecule has 0 spiro atoms. The summed E-state index contributed by atoms with van der Waals surface area (Å²) >= 11 is 0. The highest BCUT2D eigenvalue weighted by atomic mass is 32.2. The number of hydrogen-bond donors (Lipinski definition) is 6. The maximum absolute atomic E-state index is 13.7. The molecule has 4 aromatic carbocycles. The number of hydrogen-bond acceptors (Lipinski definition) is 18. The van der Waals surface area contributed by atoms with Crippen molar-refractivity contribution in [2.24, 2.45) is 0 Å². The van der Waals surface area contributed by atoms with Crippen LogP contribution in [-0.4, -0.2) is 108 Å². The van der Waals surface area contributed by atoms with E-state index in [1.165, 1.54) is 6.08 Å². The number of aryl methyl sites for hydroxylation is 2. The van der Waals surface area contributed by atoms with Gasteiger partial charge in [0.15, 0.2) is 0 Å². The first-order valence-electron chi connectivity index (χ1n) is 20.0. The summed E-state index contributed by atoms with van der Waals surface area (Å²) in [6.07, 6.45) is 2.94. The minimum Gasteiger partial charge on any atom is -0.378 e. The van der Waals surface area contributed by atoms with Crippen LogP contribution in [0.4, 0.5) is 58.4 Å². The third-order valence-corrected chi connectivity index (χ3v) is 11.9. The van der Waals surface area contributed by atoms with Crippen LogP contribution in [0.5, 0.6) is 0 Å². The monoisotopic (exact) mass is 908 g/mol. The summed E-state index contributed by atoms with van der Waals surface area (Å²) in [6, 6.07) is 24.8. The van der Waals surface area contributed by atoms with Gasteiger partial charge >= 0.3 is 0 Å². The molecule has 64 heavy (non-hydrogen) atoms. The molecular weight excluding hydrogens is 865 g/mol. The van der Waals surface area contributed by atoms with E-state index in [9.17, 15) is 25.9 Å². The first kappa shape index (κ1) is 43.8. The quantitative estimate of drug-likeness (QED) is 0.0542. The van der Waals surface area contributed by atoms with Gasteiger partial charge in [-0.1, -0.05) is 77.9 Å². The molecule has 8 rings (SSSR count). The fraction of sp³-hybridized carbons (Fsp3) is 0.238. The molecule has 6 aromatic rings. The first-order valence-corrected chi connectivity index (χ1v) is 22.9. The largest absolute Gasteiger partial charge is 0.378 e. The SMILES string of the molecule is Cc1ccc(Nc2nc(Nc3cc(C=Cc4ccccc4)c(S(=O)(=O)O)c(Nc4nc(Nc5ccc(C)cc5)nc(N5CCOCC5)n4)c3S(=O)(=O)O)nc(N3CCOCC3)n2)cc1. The van der Waals surface area contributed by atoms with E-state index in [0.717, 1.165) is 17.2 Å². The number of benzene rings is 4. The smallest absolute Gasteiger partial charge is 0.298 e. The Bertz CT molecular complexity index is 2880. The third kappa shape index (κ3) is 10.9. The zero-order chi connectivity index (χ0) is 44.8. The van der Waals surface area contributed by atoms with Gasteiger partial charge in [-0.05, 0) is 55.3 Å². The predicted octanol–water partition coefficient (Wildman–Crippen LogP) is 5.98. The van der Waals surface area contributed by atoms with Crippen LogP contribution in [0.25, 0.3) is 12.2 Å². The molecule has 0 radical (unpaired) electrons. The van der Waals surface area contributed by atoms with Crippen LogP contribution in [-0.2, 0) is 29.7 Å². The van der Waals surface area contributed by atoms with Gasteiger partial charge in [0.05, 0.1) is 37.8 Å². The molecule has 2 aliphatic heterocycles. The van der Waals surface area contributed by atoms with E-state index in [-0.39, 0.29) is 46.9 Å². The fourth-order valence-corrected chi connectivity index (χ4v) is 8.52. The highest BCUT2D eigenvalue weighted by Crippen LogP contribution is 2.41. The summed E-state index contributed by atoms with van der Waals surface area (Å²) in [5.41, 5.74) is 2.56. The molecule has 0 bridgehead atoms. The van der Waals surface area contributed by atoms with Gasteiger partial charge in [0, 0.05) is 37.6 Å². The summed E-state index contributed by atoms with van der Waals surface area (Å²) in [5, 5.41) is 11.9. The second kappa shape index (κ2) is 18.9. The Morgan fingerprint density at radius 3 is 1.44 bits per heavy atom. The molecule has 2 saturated heterocycles. The Kier molecular flexibility index (Phi) is 12.9. The number of rotatable bonds is 14.